The minimum Gasteiger partial charge on any atom is -0.284 e. The Kier molecular flexibility index (Phi) is 4.42. The Morgan fingerprint density at radius 1 is 1.18 bits per heavy atom. The van der Waals surface area contributed by atoms with Crippen molar-refractivity contribution in [1.82, 2.24) is 24.3 Å². The van der Waals surface area contributed by atoms with E-state index >= 15 is 0 Å². The summed E-state index contributed by atoms with van der Waals surface area (Å²) in [5.74, 6) is -0.649. The SMILES string of the molecule is Cn1c(=O)n(Cc2cccnn2)c2cc(-c3cc(C(F)F)ccc3F)cnc21. The lowest BCUT2D eigenvalue weighted by molar-refractivity contribution is 0.151. The summed E-state index contributed by atoms with van der Waals surface area (Å²) in [6, 6.07) is 8.13. The third kappa shape index (κ3) is 3.04. The Bertz CT molecular complexity index is 1220. The van der Waals surface area contributed by atoms with Crippen molar-refractivity contribution in [2.24, 2.45) is 7.05 Å². The molecule has 0 aliphatic rings. The normalized spacial score (nSPS) is 11.5. The highest BCUT2D eigenvalue weighted by molar-refractivity contribution is 5.79. The number of fused-ring (bicyclic) bond motifs is 1. The van der Waals surface area contributed by atoms with E-state index in [-0.39, 0.29) is 23.4 Å². The van der Waals surface area contributed by atoms with E-state index in [1.165, 1.54) is 21.5 Å². The van der Waals surface area contributed by atoms with Crippen molar-refractivity contribution in [2.45, 2.75) is 13.0 Å². The summed E-state index contributed by atoms with van der Waals surface area (Å²) in [6.07, 6.45) is 0.165. The molecule has 0 amide bonds. The van der Waals surface area contributed by atoms with Crippen molar-refractivity contribution in [3.05, 3.63) is 76.4 Å². The van der Waals surface area contributed by atoms with Gasteiger partial charge in [0.05, 0.1) is 17.8 Å². The molecule has 6 nitrogen and oxygen atoms in total. The Morgan fingerprint density at radius 3 is 2.71 bits per heavy atom. The first kappa shape index (κ1) is 17.9. The van der Waals surface area contributed by atoms with Crippen LogP contribution in [0.3, 0.4) is 0 Å². The second kappa shape index (κ2) is 6.91. The molecule has 0 radical (unpaired) electrons. The highest BCUT2D eigenvalue weighted by Gasteiger charge is 2.17. The number of aromatic nitrogens is 5. The number of nitrogens with zero attached hydrogens (tertiary/aromatic N) is 5. The van der Waals surface area contributed by atoms with Crippen LogP contribution in [-0.2, 0) is 13.6 Å². The average Bonchev–Trinajstić information content (AvgIpc) is 2.93. The molecule has 28 heavy (non-hydrogen) atoms. The summed E-state index contributed by atoms with van der Waals surface area (Å²) in [6.45, 7) is 0.148. The van der Waals surface area contributed by atoms with Gasteiger partial charge in [0.25, 0.3) is 6.43 Å². The van der Waals surface area contributed by atoms with Crippen LogP contribution in [0.5, 0.6) is 0 Å². The van der Waals surface area contributed by atoms with E-state index in [0.717, 1.165) is 18.2 Å². The lowest BCUT2D eigenvalue weighted by atomic mass is 10.0. The maximum absolute atomic E-state index is 14.3. The summed E-state index contributed by atoms with van der Waals surface area (Å²) in [4.78, 5) is 16.9. The van der Waals surface area contributed by atoms with Crippen LogP contribution in [0.2, 0.25) is 0 Å². The van der Waals surface area contributed by atoms with Crippen LogP contribution in [0.15, 0.2) is 53.6 Å². The molecule has 142 valence electrons. The van der Waals surface area contributed by atoms with Crippen LogP contribution in [0.1, 0.15) is 17.7 Å². The maximum Gasteiger partial charge on any atom is 0.330 e. The maximum atomic E-state index is 14.3. The topological polar surface area (TPSA) is 65.6 Å². The van der Waals surface area contributed by atoms with Gasteiger partial charge in [-0.05, 0) is 30.3 Å². The zero-order valence-corrected chi connectivity index (χ0v) is 14.7. The first-order valence-corrected chi connectivity index (χ1v) is 8.35. The minimum absolute atomic E-state index is 0.00504. The Balaban J connectivity index is 1.89. The molecule has 0 saturated carbocycles. The van der Waals surface area contributed by atoms with Gasteiger partial charge >= 0.3 is 5.69 Å². The van der Waals surface area contributed by atoms with Crippen LogP contribution >= 0.6 is 0 Å². The van der Waals surface area contributed by atoms with Gasteiger partial charge in [0, 0.05) is 36.1 Å². The molecule has 0 aliphatic heterocycles. The van der Waals surface area contributed by atoms with Crippen molar-refractivity contribution < 1.29 is 13.2 Å². The number of rotatable bonds is 4. The zero-order chi connectivity index (χ0) is 19.8. The van der Waals surface area contributed by atoms with Crippen molar-refractivity contribution in [3.63, 3.8) is 0 Å². The van der Waals surface area contributed by atoms with Gasteiger partial charge in [0.15, 0.2) is 5.65 Å². The van der Waals surface area contributed by atoms with Gasteiger partial charge < -0.3 is 0 Å². The molecule has 1 aromatic carbocycles. The van der Waals surface area contributed by atoms with Crippen molar-refractivity contribution in [1.29, 1.82) is 0 Å². The molecule has 0 saturated heterocycles. The van der Waals surface area contributed by atoms with E-state index in [1.54, 1.807) is 25.2 Å². The summed E-state index contributed by atoms with van der Waals surface area (Å²) >= 11 is 0. The molecule has 0 N–H and O–H groups in total. The first-order chi connectivity index (χ1) is 13.5. The molecule has 3 aromatic heterocycles. The molecular weight excluding hydrogens is 371 g/mol. The Hall–Kier alpha value is -3.49. The minimum atomic E-state index is -2.72. The third-order valence-corrected chi connectivity index (χ3v) is 4.47. The standard InChI is InChI=1S/C19H14F3N5O/c1-26-18-16(27(19(26)28)10-13-3-2-6-24-25-13)8-12(9-23-18)14-7-11(17(21)22)4-5-15(14)20/h2-9,17H,10H2,1H3. The lowest BCUT2D eigenvalue weighted by Gasteiger charge is -2.08. The predicted molar refractivity (Wildman–Crippen MR) is 96.5 cm³/mol. The van der Waals surface area contributed by atoms with Gasteiger partial charge in [-0.1, -0.05) is 6.07 Å². The largest absolute Gasteiger partial charge is 0.330 e. The molecule has 0 spiro atoms. The van der Waals surface area contributed by atoms with Gasteiger partial charge in [0.1, 0.15) is 5.82 Å². The highest BCUT2D eigenvalue weighted by atomic mass is 19.3. The summed E-state index contributed by atoms with van der Waals surface area (Å²) in [5.41, 5.74) is 1.07. The Morgan fingerprint density at radius 2 is 2.00 bits per heavy atom. The van der Waals surface area contributed by atoms with E-state index in [1.807, 2.05) is 0 Å². The second-order valence-electron chi connectivity index (χ2n) is 6.25. The molecule has 0 bridgehead atoms. The van der Waals surface area contributed by atoms with Crippen LogP contribution in [-0.4, -0.2) is 24.3 Å². The van der Waals surface area contributed by atoms with Gasteiger partial charge in [-0.2, -0.15) is 10.2 Å². The quantitative estimate of drug-likeness (QED) is 0.541. The third-order valence-electron chi connectivity index (χ3n) is 4.47. The number of alkyl halides is 2. The van der Waals surface area contributed by atoms with Crippen molar-refractivity contribution >= 4 is 11.2 Å². The second-order valence-corrected chi connectivity index (χ2v) is 6.25. The van der Waals surface area contributed by atoms with Gasteiger partial charge in [0.2, 0.25) is 0 Å². The molecule has 3 heterocycles. The van der Waals surface area contributed by atoms with Crippen LogP contribution < -0.4 is 5.69 Å². The zero-order valence-electron chi connectivity index (χ0n) is 14.7. The molecule has 0 atom stereocenters. The number of imidazole rings is 1. The lowest BCUT2D eigenvalue weighted by Crippen LogP contribution is -2.23. The van der Waals surface area contributed by atoms with Crippen LogP contribution in [0, 0.1) is 5.82 Å². The number of hydrogen-bond acceptors (Lipinski definition) is 4. The summed E-state index contributed by atoms with van der Waals surface area (Å²) in [5, 5.41) is 7.77. The van der Waals surface area contributed by atoms with Crippen LogP contribution in [0.25, 0.3) is 22.3 Å². The molecule has 0 fully saturated rings. The predicted octanol–water partition coefficient (Wildman–Crippen LogP) is 3.32. The van der Waals surface area contributed by atoms with Crippen LogP contribution in [0.4, 0.5) is 13.2 Å². The monoisotopic (exact) mass is 385 g/mol. The molecule has 4 aromatic rings. The fourth-order valence-electron chi connectivity index (χ4n) is 3.06. The van der Waals surface area contributed by atoms with E-state index in [2.05, 4.69) is 15.2 Å². The number of halogens is 3. The average molecular weight is 385 g/mol. The number of benzene rings is 1. The molecule has 0 aliphatic carbocycles. The first-order valence-electron chi connectivity index (χ1n) is 8.35. The number of pyridine rings is 1. The van der Waals surface area contributed by atoms with Crippen molar-refractivity contribution in [3.8, 4) is 11.1 Å². The van der Waals surface area contributed by atoms with Gasteiger partial charge in [-0.25, -0.2) is 22.9 Å². The van der Waals surface area contributed by atoms with E-state index in [0.29, 0.717) is 22.4 Å². The molecule has 0 unspecified atom stereocenters. The molecule has 4 rings (SSSR count). The van der Waals surface area contributed by atoms with E-state index in [9.17, 15) is 18.0 Å². The number of aryl methyl sites for hydroxylation is 1. The van der Waals surface area contributed by atoms with Gasteiger partial charge in [-0.15, -0.1) is 0 Å². The highest BCUT2D eigenvalue weighted by Crippen LogP contribution is 2.29. The fourth-order valence-corrected chi connectivity index (χ4v) is 3.06. The van der Waals surface area contributed by atoms with E-state index < -0.39 is 12.2 Å². The van der Waals surface area contributed by atoms with E-state index in [4.69, 9.17) is 0 Å². The Labute approximate surface area is 156 Å². The molecule has 9 heteroatoms. The summed E-state index contributed by atoms with van der Waals surface area (Å²) in [7, 11) is 1.57. The smallest absolute Gasteiger partial charge is 0.284 e. The molecular formula is C19H14F3N5O. The number of hydrogen-bond donors (Lipinski definition) is 0. The van der Waals surface area contributed by atoms with Crippen molar-refractivity contribution in [2.75, 3.05) is 0 Å². The fraction of sp³-hybridized carbons (Fsp3) is 0.158. The van der Waals surface area contributed by atoms with Gasteiger partial charge in [-0.3, -0.25) is 9.13 Å². The summed E-state index contributed by atoms with van der Waals surface area (Å²) < 4.78 is 43.1.